The lowest BCUT2D eigenvalue weighted by Crippen LogP contribution is -2.19. The quantitative estimate of drug-likeness (QED) is 0.605. The molecule has 0 rings (SSSR count). The summed E-state index contributed by atoms with van der Waals surface area (Å²) in [5.41, 5.74) is -0.163. The Balaban J connectivity index is 4.69. The minimum absolute atomic E-state index is 0.686. The smallest absolute Gasteiger partial charge is 0.252 e. The molecule has 0 fully saturated rings. The summed E-state index contributed by atoms with van der Waals surface area (Å²) in [6.45, 7) is 6.62. The molecular weight excluding hydrogens is 179 g/mol. The minimum atomic E-state index is -4.41. The summed E-state index contributed by atoms with van der Waals surface area (Å²) >= 11 is 0. The molecule has 13 heavy (non-hydrogen) atoms. The number of halogens is 3. The molecule has 0 bridgehead atoms. The van der Waals surface area contributed by atoms with Gasteiger partial charge in [-0.25, -0.2) is 0 Å². The third-order valence-corrected chi connectivity index (χ3v) is 1.47. The average Bonchev–Trinajstić information content (AvgIpc) is 2.02. The number of aliphatic imine (C=N–C) groups is 1. The van der Waals surface area contributed by atoms with Gasteiger partial charge in [-0.05, 0) is 19.4 Å². The van der Waals surface area contributed by atoms with Crippen molar-refractivity contribution < 1.29 is 13.2 Å². The topological polar surface area (TPSA) is 12.4 Å². The summed E-state index contributed by atoms with van der Waals surface area (Å²) in [7, 11) is 0. The summed E-state index contributed by atoms with van der Waals surface area (Å²) in [6.07, 6.45) is -1.80. The molecule has 0 atom stereocenters. The van der Waals surface area contributed by atoms with Crippen LogP contribution in [-0.4, -0.2) is 11.9 Å². The van der Waals surface area contributed by atoms with Crippen molar-refractivity contribution in [1.29, 1.82) is 0 Å². The van der Waals surface area contributed by atoms with Crippen molar-refractivity contribution >= 4 is 5.71 Å². The van der Waals surface area contributed by atoms with E-state index >= 15 is 0 Å². The van der Waals surface area contributed by atoms with E-state index in [1.807, 2.05) is 6.92 Å². The lowest BCUT2D eigenvalue weighted by atomic mass is 10.2. The van der Waals surface area contributed by atoms with Crippen LogP contribution in [0.3, 0.4) is 0 Å². The highest BCUT2D eigenvalue weighted by Gasteiger charge is 2.32. The first-order chi connectivity index (χ1) is 5.91. The Hall–Kier alpha value is -1.06. The molecule has 0 heterocycles. The number of rotatable bonds is 3. The molecule has 0 aliphatic rings. The summed E-state index contributed by atoms with van der Waals surface area (Å²) in [4.78, 5) is 3.30. The molecule has 0 aromatic heterocycles. The summed E-state index contributed by atoms with van der Waals surface area (Å²) in [5.74, 6) is 0. The third-order valence-electron chi connectivity index (χ3n) is 1.47. The number of alkyl halides is 3. The molecule has 0 aliphatic carbocycles. The van der Waals surface area contributed by atoms with Crippen LogP contribution in [0.15, 0.2) is 29.4 Å². The van der Waals surface area contributed by atoms with Gasteiger partial charge in [-0.3, -0.25) is 4.99 Å². The van der Waals surface area contributed by atoms with Gasteiger partial charge >= 0.3 is 6.18 Å². The first-order valence-electron chi connectivity index (χ1n) is 3.85. The third kappa shape index (κ3) is 4.50. The second kappa shape index (κ2) is 4.84. The van der Waals surface area contributed by atoms with Gasteiger partial charge < -0.3 is 0 Å². The Bertz CT molecular complexity index is 236. The fraction of sp³-hybridized carbons (Fsp3) is 0.444. The zero-order valence-corrected chi connectivity index (χ0v) is 7.65. The van der Waals surface area contributed by atoms with E-state index in [1.165, 1.54) is 6.20 Å². The molecule has 0 aliphatic heterocycles. The molecule has 74 valence electrons. The first kappa shape index (κ1) is 11.9. The fourth-order valence-electron chi connectivity index (χ4n) is 0.513. The van der Waals surface area contributed by atoms with Crippen LogP contribution in [0.5, 0.6) is 0 Å². The Morgan fingerprint density at radius 2 is 2.00 bits per heavy atom. The highest BCUT2D eigenvalue weighted by molar-refractivity contribution is 5.99. The van der Waals surface area contributed by atoms with Crippen molar-refractivity contribution in [3.63, 3.8) is 0 Å². The van der Waals surface area contributed by atoms with Crippen molar-refractivity contribution in [2.75, 3.05) is 0 Å². The Labute approximate surface area is 75.7 Å². The predicted molar refractivity (Wildman–Crippen MR) is 47.7 cm³/mol. The number of allylic oxidation sites excluding steroid dienone is 2. The molecule has 0 unspecified atom stereocenters. The fourth-order valence-corrected chi connectivity index (χ4v) is 0.513. The van der Waals surface area contributed by atoms with Crippen molar-refractivity contribution in [2.45, 2.75) is 26.4 Å². The standard InChI is InChI=1S/C9H12F3N/c1-4-7(3)6-13-8(5-2)9(10,11)12/h5-6H,2,4H2,1,3H3/b7-6+,13-8?. The summed E-state index contributed by atoms with van der Waals surface area (Å²) in [5, 5.41) is 0. The molecule has 4 heteroatoms. The molecule has 1 nitrogen and oxygen atoms in total. The monoisotopic (exact) mass is 191 g/mol. The van der Waals surface area contributed by atoms with Gasteiger partial charge in [-0.2, -0.15) is 13.2 Å². The Morgan fingerprint density at radius 3 is 2.31 bits per heavy atom. The SMILES string of the molecule is C=CC(=N/C=C(\C)CC)C(F)(F)F. The van der Waals surface area contributed by atoms with E-state index in [2.05, 4.69) is 11.6 Å². The van der Waals surface area contributed by atoms with Gasteiger partial charge in [0, 0.05) is 6.20 Å². The number of hydrogen-bond donors (Lipinski definition) is 0. The van der Waals surface area contributed by atoms with Gasteiger partial charge in [0.15, 0.2) is 0 Å². The summed E-state index contributed by atoms with van der Waals surface area (Å²) in [6, 6.07) is 0. The van der Waals surface area contributed by atoms with E-state index in [0.29, 0.717) is 12.5 Å². The van der Waals surface area contributed by atoms with Crippen LogP contribution < -0.4 is 0 Å². The average molecular weight is 191 g/mol. The van der Waals surface area contributed by atoms with Crippen molar-refractivity contribution in [3.05, 3.63) is 24.4 Å². The van der Waals surface area contributed by atoms with Gasteiger partial charge in [0.25, 0.3) is 0 Å². The first-order valence-corrected chi connectivity index (χ1v) is 3.85. The molecule has 0 amide bonds. The van der Waals surface area contributed by atoms with Crippen molar-refractivity contribution in [2.24, 2.45) is 4.99 Å². The van der Waals surface area contributed by atoms with Crippen LogP contribution in [0.25, 0.3) is 0 Å². The van der Waals surface area contributed by atoms with E-state index in [9.17, 15) is 13.2 Å². The van der Waals surface area contributed by atoms with E-state index in [-0.39, 0.29) is 0 Å². The number of nitrogens with zero attached hydrogens (tertiary/aromatic N) is 1. The Morgan fingerprint density at radius 1 is 1.46 bits per heavy atom. The largest absolute Gasteiger partial charge is 0.433 e. The normalized spacial score (nSPS) is 14.5. The zero-order chi connectivity index (χ0) is 10.5. The maximum Gasteiger partial charge on any atom is 0.433 e. The molecule has 0 spiro atoms. The second-order valence-corrected chi connectivity index (χ2v) is 2.55. The van der Waals surface area contributed by atoms with Crippen molar-refractivity contribution in [1.82, 2.24) is 0 Å². The van der Waals surface area contributed by atoms with Crippen LogP contribution in [0.4, 0.5) is 13.2 Å². The van der Waals surface area contributed by atoms with Crippen LogP contribution in [0.2, 0.25) is 0 Å². The van der Waals surface area contributed by atoms with Gasteiger partial charge in [0.05, 0.1) is 0 Å². The van der Waals surface area contributed by atoms with E-state index in [4.69, 9.17) is 0 Å². The zero-order valence-electron chi connectivity index (χ0n) is 7.65. The van der Waals surface area contributed by atoms with E-state index in [1.54, 1.807) is 6.92 Å². The molecule has 0 aromatic rings. The minimum Gasteiger partial charge on any atom is -0.252 e. The predicted octanol–water partition coefficient (Wildman–Crippen LogP) is 3.49. The Kier molecular flexibility index (Phi) is 4.45. The highest BCUT2D eigenvalue weighted by atomic mass is 19.4. The molecular formula is C9H12F3N. The van der Waals surface area contributed by atoms with Gasteiger partial charge in [-0.15, -0.1) is 0 Å². The highest BCUT2D eigenvalue weighted by Crippen LogP contribution is 2.18. The lowest BCUT2D eigenvalue weighted by molar-refractivity contribution is -0.0576. The van der Waals surface area contributed by atoms with Crippen LogP contribution in [0.1, 0.15) is 20.3 Å². The molecule has 0 radical (unpaired) electrons. The van der Waals surface area contributed by atoms with Gasteiger partial charge in [0.1, 0.15) is 5.71 Å². The molecule has 0 saturated heterocycles. The molecule has 0 N–H and O–H groups in total. The van der Waals surface area contributed by atoms with Gasteiger partial charge in [-0.1, -0.05) is 19.1 Å². The second-order valence-electron chi connectivity index (χ2n) is 2.55. The number of hydrogen-bond acceptors (Lipinski definition) is 1. The maximum atomic E-state index is 12.0. The molecule has 0 aromatic carbocycles. The van der Waals surface area contributed by atoms with Crippen molar-refractivity contribution in [3.8, 4) is 0 Å². The van der Waals surface area contributed by atoms with Crippen LogP contribution in [-0.2, 0) is 0 Å². The molecule has 0 saturated carbocycles. The van der Waals surface area contributed by atoms with Crippen LogP contribution in [0, 0.1) is 0 Å². The van der Waals surface area contributed by atoms with E-state index in [0.717, 1.165) is 5.57 Å². The maximum absolute atomic E-state index is 12.0. The van der Waals surface area contributed by atoms with Gasteiger partial charge in [0.2, 0.25) is 0 Å². The van der Waals surface area contributed by atoms with E-state index < -0.39 is 11.9 Å². The van der Waals surface area contributed by atoms with Crippen LogP contribution >= 0.6 is 0 Å². The lowest BCUT2D eigenvalue weighted by Gasteiger charge is -2.04. The summed E-state index contributed by atoms with van der Waals surface area (Å²) < 4.78 is 36.1.